The Balaban J connectivity index is 2.19. The van der Waals surface area contributed by atoms with Gasteiger partial charge in [0.1, 0.15) is 0 Å². The molecule has 0 aliphatic heterocycles. The molecule has 0 fully saturated rings. The van der Waals surface area contributed by atoms with E-state index in [9.17, 15) is 0 Å². The second-order valence-electron chi connectivity index (χ2n) is 4.05. The Hall–Kier alpha value is -0.930. The summed E-state index contributed by atoms with van der Waals surface area (Å²) < 4.78 is 0. The zero-order valence-electron chi connectivity index (χ0n) is 9.56. The third-order valence-corrected chi connectivity index (χ3v) is 2.46. The van der Waals surface area contributed by atoms with Crippen LogP contribution in [0.3, 0.4) is 0 Å². The lowest BCUT2D eigenvalue weighted by Crippen LogP contribution is -2.24. The average Bonchev–Trinajstić information content (AvgIpc) is 2.25. The number of aliphatic hydroxyl groups is 1. The van der Waals surface area contributed by atoms with Crippen molar-refractivity contribution in [1.29, 1.82) is 0 Å². The standard InChI is InChI=1S/C12H20N2O/c1-11(15)5-9-14(2)10-6-12-3-7-13-8-4-12/h3-4,7-8,11,15H,5-6,9-10H2,1-2H3. The van der Waals surface area contributed by atoms with Gasteiger partial charge in [-0.05, 0) is 44.5 Å². The fourth-order valence-corrected chi connectivity index (χ4v) is 1.39. The van der Waals surface area contributed by atoms with E-state index in [-0.39, 0.29) is 6.10 Å². The Bertz CT molecular complexity index is 262. The van der Waals surface area contributed by atoms with Gasteiger partial charge < -0.3 is 10.0 Å². The van der Waals surface area contributed by atoms with Crippen LogP contribution in [0.5, 0.6) is 0 Å². The molecule has 0 aromatic carbocycles. The number of aromatic nitrogens is 1. The third-order valence-electron chi connectivity index (χ3n) is 2.46. The van der Waals surface area contributed by atoms with Crippen LogP contribution in [0.2, 0.25) is 0 Å². The molecule has 0 saturated heterocycles. The number of hydrogen-bond acceptors (Lipinski definition) is 3. The summed E-state index contributed by atoms with van der Waals surface area (Å²) in [4.78, 5) is 6.23. The van der Waals surface area contributed by atoms with Crippen molar-refractivity contribution in [1.82, 2.24) is 9.88 Å². The summed E-state index contributed by atoms with van der Waals surface area (Å²) in [6, 6.07) is 4.09. The summed E-state index contributed by atoms with van der Waals surface area (Å²) in [7, 11) is 2.09. The monoisotopic (exact) mass is 208 g/mol. The van der Waals surface area contributed by atoms with Crippen molar-refractivity contribution < 1.29 is 5.11 Å². The maximum Gasteiger partial charge on any atom is 0.0524 e. The maximum absolute atomic E-state index is 9.15. The number of hydrogen-bond donors (Lipinski definition) is 1. The number of aliphatic hydroxyl groups excluding tert-OH is 1. The molecule has 1 aromatic heterocycles. The summed E-state index contributed by atoms with van der Waals surface area (Å²) in [5.74, 6) is 0. The van der Waals surface area contributed by atoms with Crippen LogP contribution in [0.25, 0.3) is 0 Å². The highest BCUT2D eigenvalue weighted by atomic mass is 16.3. The lowest BCUT2D eigenvalue weighted by atomic mass is 10.2. The van der Waals surface area contributed by atoms with Crippen molar-refractivity contribution in [3.8, 4) is 0 Å². The molecule has 1 atom stereocenters. The van der Waals surface area contributed by atoms with Crippen LogP contribution in [0.4, 0.5) is 0 Å². The Labute approximate surface area is 91.8 Å². The molecular formula is C12H20N2O. The van der Waals surface area contributed by atoms with E-state index >= 15 is 0 Å². The van der Waals surface area contributed by atoms with E-state index in [4.69, 9.17) is 5.11 Å². The molecular weight excluding hydrogens is 188 g/mol. The van der Waals surface area contributed by atoms with Gasteiger partial charge in [0.15, 0.2) is 0 Å². The Morgan fingerprint density at radius 2 is 2.00 bits per heavy atom. The third kappa shape index (κ3) is 5.50. The molecule has 0 spiro atoms. The Morgan fingerprint density at radius 1 is 1.33 bits per heavy atom. The molecule has 0 bridgehead atoms. The van der Waals surface area contributed by atoms with Gasteiger partial charge in [-0.15, -0.1) is 0 Å². The zero-order chi connectivity index (χ0) is 11.1. The predicted octanol–water partition coefficient (Wildman–Crippen LogP) is 1.33. The summed E-state index contributed by atoms with van der Waals surface area (Å²) >= 11 is 0. The first kappa shape index (κ1) is 12.1. The van der Waals surface area contributed by atoms with Crippen LogP contribution in [0, 0.1) is 0 Å². The largest absolute Gasteiger partial charge is 0.393 e. The fraction of sp³-hybridized carbons (Fsp3) is 0.583. The van der Waals surface area contributed by atoms with E-state index in [1.165, 1.54) is 5.56 Å². The minimum absolute atomic E-state index is 0.201. The van der Waals surface area contributed by atoms with E-state index in [1.54, 1.807) is 0 Å². The Morgan fingerprint density at radius 3 is 2.60 bits per heavy atom. The van der Waals surface area contributed by atoms with Crippen LogP contribution in [0.15, 0.2) is 24.5 Å². The van der Waals surface area contributed by atoms with Crippen LogP contribution >= 0.6 is 0 Å². The number of pyridine rings is 1. The van der Waals surface area contributed by atoms with Crippen LogP contribution in [0.1, 0.15) is 18.9 Å². The molecule has 1 N–H and O–H groups in total. The van der Waals surface area contributed by atoms with Crippen molar-refractivity contribution in [3.63, 3.8) is 0 Å². The zero-order valence-corrected chi connectivity index (χ0v) is 9.56. The summed E-state index contributed by atoms with van der Waals surface area (Å²) in [6.45, 7) is 3.80. The summed E-state index contributed by atoms with van der Waals surface area (Å²) in [6.07, 6.45) is 5.33. The predicted molar refractivity (Wildman–Crippen MR) is 61.7 cm³/mol. The average molecular weight is 208 g/mol. The van der Waals surface area contributed by atoms with Gasteiger partial charge in [-0.2, -0.15) is 0 Å². The molecule has 1 heterocycles. The summed E-state index contributed by atoms with van der Waals surface area (Å²) in [5.41, 5.74) is 1.31. The second-order valence-corrected chi connectivity index (χ2v) is 4.05. The Kier molecular flexibility index (Phi) is 5.29. The normalized spacial score (nSPS) is 13.1. The quantitative estimate of drug-likeness (QED) is 0.766. The molecule has 0 radical (unpaired) electrons. The second kappa shape index (κ2) is 6.53. The first-order valence-corrected chi connectivity index (χ1v) is 5.44. The molecule has 1 unspecified atom stereocenters. The van der Waals surface area contributed by atoms with Gasteiger partial charge in [0.05, 0.1) is 6.10 Å². The van der Waals surface area contributed by atoms with Gasteiger partial charge in [0.25, 0.3) is 0 Å². The highest BCUT2D eigenvalue weighted by Crippen LogP contribution is 2.00. The molecule has 0 saturated carbocycles. The van der Waals surface area contributed by atoms with E-state index < -0.39 is 0 Å². The molecule has 0 aliphatic carbocycles. The lowest BCUT2D eigenvalue weighted by molar-refractivity contribution is 0.165. The molecule has 3 heteroatoms. The SMILES string of the molecule is CC(O)CCN(C)CCc1ccncc1. The maximum atomic E-state index is 9.15. The van der Waals surface area contributed by atoms with Crippen LogP contribution in [-0.4, -0.2) is 41.2 Å². The molecule has 0 amide bonds. The van der Waals surface area contributed by atoms with E-state index in [2.05, 4.69) is 16.9 Å². The van der Waals surface area contributed by atoms with Crippen molar-refractivity contribution in [2.45, 2.75) is 25.9 Å². The molecule has 1 aromatic rings. The van der Waals surface area contributed by atoms with Gasteiger partial charge in [-0.3, -0.25) is 4.98 Å². The first-order chi connectivity index (χ1) is 7.18. The topological polar surface area (TPSA) is 36.4 Å². The highest BCUT2D eigenvalue weighted by Gasteiger charge is 2.01. The molecule has 0 aliphatic rings. The van der Waals surface area contributed by atoms with Gasteiger partial charge in [0.2, 0.25) is 0 Å². The highest BCUT2D eigenvalue weighted by molar-refractivity contribution is 5.09. The first-order valence-electron chi connectivity index (χ1n) is 5.44. The van der Waals surface area contributed by atoms with Gasteiger partial charge >= 0.3 is 0 Å². The summed E-state index contributed by atoms with van der Waals surface area (Å²) in [5, 5.41) is 9.15. The van der Waals surface area contributed by atoms with E-state index in [0.717, 1.165) is 25.9 Å². The van der Waals surface area contributed by atoms with Crippen LogP contribution < -0.4 is 0 Å². The number of likely N-dealkylation sites (N-methyl/N-ethyl adjacent to an activating group) is 1. The fourth-order valence-electron chi connectivity index (χ4n) is 1.39. The van der Waals surface area contributed by atoms with Gasteiger partial charge in [0, 0.05) is 25.5 Å². The van der Waals surface area contributed by atoms with E-state index in [1.807, 2.05) is 31.5 Å². The van der Waals surface area contributed by atoms with Gasteiger partial charge in [-0.25, -0.2) is 0 Å². The number of rotatable bonds is 6. The lowest BCUT2D eigenvalue weighted by Gasteiger charge is -2.17. The smallest absolute Gasteiger partial charge is 0.0524 e. The van der Waals surface area contributed by atoms with Crippen molar-refractivity contribution in [3.05, 3.63) is 30.1 Å². The van der Waals surface area contributed by atoms with Crippen molar-refractivity contribution >= 4 is 0 Å². The van der Waals surface area contributed by atoms with Crippen LogP contribution in [-0.2, 0) is 6.42 Å². The number of nitrogens with zero attached hydrogens (tertiary/aromatic N) is 2. The minimum Gasteiger partial charge on any atom is -0.393 e. The molecule has 1 rings (SSSR count). The molecule has 84 valence electrons. The van der Waals surface area contributed by atoms with E-state index in [0.29, 0.717) is 0 Å². The van der Waals surface area contributed by atoms with Gasteiger partial charge in [-0.1, -0.05) is 0 Å². The molecule has 3 nitrogen and oxygen atoms in total. The van der Waals surface area contributed by atoms with Crippen molar-refractivity contribution in [2.24, 2.45) is 0 Å². The van der Waals surface area contributed by atoms with Crippen molar-refractivity contribution in [2.75, 3.05) is 20.1 Å². The molecule has 15 heavy (non-hydrogen) atoms. The minimum atomic E-state index is -0.201.